The lowest BCUT2D eigenvalue weighted by molar-refractivity contribution is 0.916. The third-order valence-corrected chi connectivity index (χ3v) is 6.65. The molecular formula is C24H24N4S. The Kier molecular flexibility index (Phi) is 4.68. The normalized spacial score (nSPS) is 12.9. The third-order valence-electron chi connectivity index (χ3n) is 5.46. The Morgan fingerprint density at radius 1 is 0.966 bits per heavy atom. The molecule has 5 rings (SSSR count). The topological polar surface area (TPSA) is 41.0 Å². The van der Waals surface area contributed by atoms with E-state index in [-0.39, 0.29) is 0 Å². The number of nitrogens with zero attached hydrogens (tertiary/aromatic N) is 3. The number of hydrogen-bond acceptors (Lipinski definition) is 5. The van der Waals surface area contributed by atoms with Crippen molar-refractivity contribution in [3.63, 3.8) is 0 Å². The molecule has 0 radical (unpaired) electrons. The molecule has 0 saturated heterocycles. The van der Waals surface area contributed by atoms with Gasteiger partial charge in [-0.2, -0.15) is 0 Å². The van der Waals surface area contributed by atoms with E-state index in [0.717, 1.165) is 35.0 Å². The fourth-order valence-electron chi connectivity index (χ4n) is 3.97. The molecule has 0 fully saturated rings. The van der Waals surface area contributed by atoms with Gasteiger partial charge in [0.2, 0.25) is 0 Å². The summed E-state index contributed by atoms with van der Waals surface area (Å²) in [7, 11) is 4.11. The average molecular weight is 401 g/mol. The summed E-state index contributed by atoms with van der Waals surface area (Å²) in [6.45, 7) is 0. The Hall–Kier alpha value is -2.92. The number of aromatic nitrogens is 2. The molecule has 2 heterocycles. The number of aryl methyl sites for hydroxylation is 2. The molecular weight excluding hydrogens is 376 g/mol. The van der Waals surface area contributed by atoms with Crippen LogP contribution in [-0.4, -0.2) is 24.1 Å². The molecule has 0 spiro atoms. The lowest BCUT2D eigenvalue weighted by Gasteiger charge is -2.14. The number of anilines is 3. The van der Waals surface area contributed by atoms with Crippen LogP contribution in [0.15, 0.2) is 54.6 Å². The van der Waals surface area contributed by atoms with Gasteiger partial charge in [0, 0.05) is 36.8 Å². The van der Waals surface area contributed by atoms with E-state index in [9.17, 15) is 0 Å². The van der Waals surface area contributed by atoms with E-state index >= 15 is 0 Å². The highest BCUT2D eigenvalue weighted by Crippen LogP contribution is 2.40. The van der Waals surface area contributed by atoms with E-state index < -0.39 is 0 Å². The molecule has 0 unspecified atom stereocenters. The van der Waals surface area contributed by atoms with Gasteiger partial charge in [-0.3, -0.25) is 0 Å². The fourth-order valence-corrected chi connectivity index (χ4v) is 5.25. The van der Waals surface area contributed by atoms with Gasteiger partial charge in [0.1, 0.15) is 16.5 Å². The average Bonchev–Trinajstić information content (AvgIpc) is 3.30. The SMILES string of the molecule is CN(C)c1ccc(Nc2nc(Cc3ccccc3)nc3sc4c(c23)CCC4)cc1. The maximum absolute atomic E-state index is 4.97. The van der Waals surface area contributed by atoms with Gasteiger partial charge >= 0.3 is 0 Å². The first-order valence-corrected chi connectivity index (χ1v) is 10.9. The van der Waals surface area contributed by atoms with Crippen molar-refractivity contribution in [1.29, 1.82) is 0 Å². The molecule has 1 aliphatic carbocycles. The van der Waals surface area contributed by atoms with Gasteiger partial charge in [-0.05, 0) is 54.7 Å². The molecule has 1 N–H and O–H groups in total. The van der Waals surface area contributed by atoms with Crippen LogP contribution < -0.4 is 10.2 Å². The molecule has 146 valence electrons. The summed E-state index contributed by atoms with van der Waals surface area (Å²) in [5, 5.41) is 4.81. The van der Waals surface area contributed by atoms with E-state index in [2.05, 4.69) is 72.8 Å². The van der Waals surface area contributed by atoms with Crippen LogP contribution in [0, 0.1) is 0 Å². The maximum atomic E-state index is 4.97. The highest BCUT2D eigenvalue weighted by molar-refractivity contribution is 7.19. The summed E-state index contributed by atoms with van der Waals surface area (Å²) in [5.41, 5.74) is 4.92. The monoisotopic (exact) mass is 400 g/mol. The van der Waals surface area contributed by atoms with Crippen molar-refractivity contribution in [3.8, 4) is 0 Å². The number of hydrogen-bond donors (Lipinski definition) is 1. The Morgan fingerprint density at radius 3 is 2.52 bits per heavy atom. The first-order chi connectivity index (χ1) is 14.2. The smallest absolute Gasteiger partial charge is 0.143 e. The van der Waals surface area contributed by atoms with Gasteiger partial charge in [-0.15, -0.1) is 11.3 Å². The molecule has 4 aromatic rings. The van der Waals surface area contributed by atoms with Crippen LogP contribution in [0.5, 0.6) is 0 Å². The van der Waals surface area contributed by atoms with Crippen LogP contribution in [-0.2, 0) is 19.3 Å². The highest BCUT2D eigenvalue weighted by atomic mass is 32.1. The molecule has 0 bridgehead atoms. The zero-order chi connectivity index (χ0) is 19.8. The van der Waals surface area contributed by atoms with Gasteiger partial charge in [0.15, 0.2) is 0 Å². The van der Waals surface area contributed by atoms with Crippen LogP contribution in [0.25, 0.3) is 10.2 Å². The molecule has 29 heavy (non-hydrogen) atoms. The standard InChI is InChI=1S/C24H24N4S/c1-28(2)18-13-11-17(12-14-18)25-23-22-19-9-6-10-20(19)29-24(22)27-21(26-23)15-16-7-4-3-5-8-16/h3-5,7-8,11-14H,6,9-10,15H2,1-2H3,(H,25,26,27). The second-order valence-corrected chi connectivity index (χ2v) is 8.84. The van der Waals surface area contributed by atoms with Gasteiger partial charge in [-0.25, -0.2) is 9.97 Å². The van der Waals surface area contributed by atoms with Crippen LogP contribution in [0.1, 0.15) is 28.2 Å². The zero-order valence-corrected chi connectivity index (χ0v) is 17.6. The molecule has 0 saturated carbocycles. The minimum absolute atomic E-state index is 0.744. The number of benzene rings is 2. The number of fused-ring (bicyclic) bond motifs is 3. The number of thiophene rings is 1. The maximum Gasteiger partial charge on any atom is 0.143 e. The molecule has 2 aromatic heterocycles. The van der Waals surface area contributed by atoms with Crippen LogP contribution >= 0.6 is 11.3 Å². The van der Waals surface area contributed by atoms with Crippen molar-refractivity contribution in [2.45, 2.75) is 25.7 Å². The lowest BCUT2D eigenvalue weighted by atomic mass is 10.1. The van der Waals surface area contributed by atoms with E-state index in [1.165, 1.54) is 39.9 Å². The van der Waals surface area contributed by atoms with Crippen molar-refractivity contribution in [3.05, 3.63) is 76.4 Å². The highest BCUT2D eigenvalue weighted by Gasteiger charge is 2.22. The summed E-state index contributed by atoms with van der Waals surface area (Å²) in [6.07, 6.45) is 4.28. The Labute approximate surface area is 175 Å². The summed E-state index contributed by atoms with van der Waals surface area (Å²) < 4.78 is 0. The molecule has 0 aliphatic heterocycles. The molecule has 2 aromatic carbocycles. The quantitative estimate of drug-likeness (QED) is 0.475. The molecule has 0 atom stereocenters. The minimum atomic E-state index is 0.744. The van der Waals surface area contributed by atoms with Crippen molar-refractivity contribution >= 4 is 38.7 Å². The number of nitrogens with one attached hydrogen (secondary N) is 1. The fraction of sp³-hybridized carbons (Fsp3) is 0.250. The third kappa shape index (κ3) is 3.58. The first-order valence-electron chi connectivity index (χ1n) is 10.1. The second kappa shape index (κ2) is 7.48. The van der Waals surface area contributed by atoms with E-state index in [1.54, 1.807) is 0 Å². The Balaban J connectivity index is 1.56. The Bertz CT molecular complexity index is 1150. The zero-order valence-electron chi connectivity index (χ0n) is 16.8. The summed E-state index contributed by atoms with van der Waals surface area (Å²) in [5.74, 6) is 1.81. The van der Waals surface area contributed by atoms with Gasteiger partial charge in [0.05, 0.1) is 5.39 Å². The van der Waals surface area contributed by atoms with Crippen molar-refractivity contribution < 1.29 is 0 Å². The summed E-state index contributed by atoms with van der Waals surface area (Å²) >= 11 is 1.84. The predicted octanol–water partition coefficient (Wildman–Crippen LogP) is 5.58. The van der Waals surface area contributed by atoms with Gasteiger partial charge in [0.25, 0.3) is 0 Å². The van der Waals surface area contributed by atoms with Crippen LogP contribution in [0.3, 0.4) is 0 Å². The first kappa shape index (κ1) is 18.1. The molecule has 1 aliphatic rings. The van der Waals surface area contributed by atoms with E-state index in [4.69, 9.17) is 9.97 Å². The van der Waals surface area contributed by atoms with Gasteiger partial charge in [-0.1, -0.05) is 30.3 Å². The Morgan fingerprint density at radius 2 is 1.76 bits per heavy atom. The van der Waals surface area contributed by atoms with Crippen molar-refractivity contribution in [1.82, 2.24) is 9.97 Å². The second-order valence-electron chi connectivity index (χ2n) is 7.75. The van der Waals surface area contributed by atoms with Crippen molar-refractivity contribution in [2.75, 3.05) is 24.3 Å². The molecule has 0 amide bonds. The number of rotatable bonds is 5. The van der Waals surface area contributed by atoms with Gasteiger partial charge < -0.3 is 10.2 Å². The summed E-state index contributed by atoms with van der Waals surface area (Å²) in [6, 6.07) is 18.9. The predicted molar refractivity (Wildman–Crippen MR) is 123 cm³/mol. The largest absolute Gasteiger partial charge is 0.378 e. The van der Waals surface area contributed by atoms with Crippen molar-refractivity contribution in [2.24, 2.45) is 0 Å². The van der Waals surface area contributed by atoms with Crippen LogP contribution in [0.4, 0.5) is 17.2 Å². The van der Waals surface area contributed by atoms with E-state index in [0.29, 0.717) is 0 Å². The molecule has 5 heteroatoms. The lowest BCUT2D eigenvalue weighted by Crippen LogP contribution is -2.08. The minimum Gasteiger partial charge on any atom is -0.378 e. The van der Waals surface area contributed by atoms with Crippen LogP contribution in [0.2, 0.25) is 0 Å². The molecule has 4 nitrogen and oxygen atoms in total. The summed E-state index contributed by atoms with van der Waals surface area (Å²) in [4.78, 5) is 14.6. The van der Waals surface area contributed by atoms with E-state index in [1.807, 2.05) is 17.4 Å².